The number of ether oxygens (including phenoxy) is 1. The van der Waals surface area contributed by atoms with E-state index >= 15 is 0 Å². The molecule has 0 aliphatic heterocycles. The molecule has 1 atom stereocenters. The van der Waals surface area contributed by atoms with E-state index in [4.69, 9.17) is 10.3 Å². The minimum atomic E-state index is -0.428. The molecule has 0 saturated heterocycles. The zero-order valence-electron chi connectivity index (χ0n) is 8.70. The predicted molar refractivity (Wildman–Crippen MR) is 63.5 cm³/mol. The maximum absolute atomic E-state index is 11.1. The van der Waals surface area contributed by atoms with Gasteiger partial charge in [0.1, 0.15) is 6.61 Å². The van der Waals surface area contributed by atoms with E-state index in [0.29, 0.717) is 5.69 Å². The van der Waals surface area contributed by atoms with Gasteiger partial charge in [-0.2, -0.15) is 12.6 Å². The van der Waals surface area contributed by atoms with Gasteiger partial charge < -0.3 is 4.74 Å². The van der Waals surface area contributed by atoms with Gasteiger partial charge in [0.2, 0.25) is 0 Å². The molecular formula is C10H11N3O2S. The number of rotatable bonds is 4. The minimum Gasteiger partial charge on any atom is -0.460 e. The van der Waals surface area contributed by atoms with Gasteiger partial charge in [0, 0.05) is 10.6 Å². The molecule has 0 fully saturated rings. The Balaban J connectivity index is 2.55. The van der Waals surface area contributed by atoms with E-state index in [1.807, 2.05) is 0 Å². The van der Waals surface area contributed by atoms with Crippen molar-refractivity contribution >= 4 is 24.3 Å². The van der Waals surface area contributed by atoms with Gasteiger partial charge in [0.25, 0.3) is 0 Å². The summed E-state index contributed by atoms with van der Waals surface area (Å²) in [6.45, 7) is 1.84. The predicted octanol–water partition coefficient (Wildman–Crippen LogP) is 2.99. The van der Waals surface area contributed by atoms with Crippen LogP contribution in [0.15, 0.2) is 29.4 Å². The number of hydrogen-bond acceptors (Lipinski definition) is 4. The average molecular weight is 237 g/mol. The van der Waals surface area contributed by atoms with E-state index in [-0.39, 0.29) is 12.6 Å². The highest BCUT2D eigenvalue weighted by Gasteiger charge is 2.08. The standard InChI is InChI=1S/C10H11N3O2S/c1-7(16)10(14)15-6-8-2-4-9(5-3-8)12-13-11/h2-5,7,16H,6H2,1H3. The molecule has 84 valence electrons. The Morgan fingerprint density at radius 1 is 1.56 bits per heavy atom. The van der Waals surface area contributed by atoms with Crippen LogP contribution in [0.3, 0.4) is 0 Å². The number of thiol groups is 1. The Morgan fingerprint density at radius 2 is 2.19 bits per heavy atom. The van der Waals surface area contributed by atoms with Crippen molar-refractivity contribution in [3.8, 4) is 0 Å². The molecule has 1 aromatic carbocycles. The normalized spacial score (nSPS) is 11.4. The van der Waals surface area contributed by atoms with Gasteiger partial charge >= 0.3 is 5.97 Å². The van der Waals surface area contributed by atoms with Crippen LogP contribution in [0.4, 0.5) is 5.69 Å². The van der Waals surface area contributed by atoms with Crippen LogP contribution in [0.25, 0.3) is 10.4 Å². The Kier molecular flexibility index (Phi) is 4.69. The molecule has 0 N–H and O–H groups in total. The fourth-order valence-electron chi connectivity index (χ4n) is 0.986. The average Bonchev–Trinajstić information content (AvgIpc) is 2.28. The van der Waals surface area contributed by atoms with E-state index in [0.717, 1.165) is 5.56 Å². The number of carbonyl (C=O) groups is 1. The fraction of sp³-hybridized carbons (Fsp3) is 0.300. The molecule has 6 heteroatoms. The van der Waals surface area contributed by atoms with Crippen molar-refractivity contribution in [1.29, 1.82) is 0 Å². The summed E-state index contributed by atoms with van der Waals surface area (Å²) in [5.74, 6) is -0.359. The first kappa shape index (κ1) is 12.4. The lowest BCUT2D eigenvalue weighted by Crippen LogP contribution is -2.14. The molecule has 0 aromatic heterocycles. The molecule has 0 radical (unpaired) electrons. The van der Waals surface area contributed by atoms with E-state index in [9.17, 15) is 4.79 Å². The van der Waals surface area contributed by atoms with Crippen molar-refractivity contribution in [2.75, 3.05) is 0 Å². The van der Waals surface area contributed by atoms with E-state index in [1.165, 1.54) is 0 Å². The quantitative estimate of drug-likeness (QED) is 0.287. The van der Waals surface area contributed by atoms with Crippen LogP contribution in [0, 0.1) is 0 Å². The lowest BCUT2D eigenvalue weighted by molar-refractivity contribution is -0.143. The number of carbonyl (C=O) groups excluding carboxylic acids is 1. The molecule has 0 saturated carbocycles. The van der Waals surface area contributed by atoms with Gasteiger partial charge in [-0.25, -0.2) is 0 Å². The third-order valence-electron chi connectivity index (χ3n) is 1.82. The summed E-state index contributed by atoms with van der Waals surface area (Å²) < 4.78 is 4.97. The Morgan fingerprint density at radius 3 is 2.69 bits per heavy atom. The molecule has 5 nitrogen and oxygen atoms in total. The monoisotopic (exact) mass is 237 g/mol. The minimum absolute atomic E-state index is 0.195. The van der Waals surface area contributed by atoms with Crippen LogP contribution >= 0.6 is 12.6 Å². The van der Waals surface area contributed by atoms with Gasteiger partial charge in [0.15, 0.2) is 0 Å². The van der Waals surface area contributed by atoms with Crippen molar-refractivity contribution in [2.45, 2.75) is 18.8 Å². The highest BCUT2D eigenvalue weighted by atomic mass is 32.1. The number of azide groups is 1. The Labute approximate surface area is 98.5 Å². The molecule has 0 bridgehead atoms. The molecular weight excluding hydrogens is 226 g/mol. The van der Waals surface area contributed by atoms with Gasteiger partial charge in [-0.05, 0) is 18.0 Å². The largest absolute Gasteiger partial charge is 0.460 e. The first-order valence-corrected chi connectivity index (χ1v) is 5.14. The molecule has 0 heterocycles. The molecule has 0 amide bonds. The SMILES string of the molecule is CC(S)C(=O)OCc1ccc(N=[N+]=[N-])cc1. The highest BCUT2D eigenvalue weighted by Crippen LogP contribution is 2.14. The van der Waals surface area contributed by atoms with E-state index < -0.39 is 5.25 Å². The van der Waals surface area contributed by atoms with Crippen molar-refractivity contribution in [1.82, 2.24) is 0 Å². The van der Waals surface area contributed by atoms with E-state index in [2.05, 4.69) is 22.7 Å². The molecule has 1 aromatic rings. The van der Waals surface area contributed by atoms with Crippen molar-refractivity contribution in [3.05, 3.63) is 40.3 Å². The summed E-state index contributed by atoms with van der Waals surface area (Å²) in [6.07, 6.45) is 0. The smallest absolute Gasteiger partial charge is 0.318 e. The summed E-state index contributed by atoms with van der Waals surface area (Å²) >= 11 is 3.95. The van der Waals surface area contributed by atoms with Gasteiger partial charge in [0.05, 0.1) is 5.25 Å². The Hall–Kier alpha value is -1.65. The maximum Gasteiger partial charge on any atom is 0.318 e. The highest BCUT2D eigenvalue weighted by molar-refractivity contribution is 7.81. The second kappa shape index (κ2) is 6.05. The van der Waals surface area contributed by atoms with Crippen LogP contribution in [-0.2, 0) is 16.1 Å². The Bertz CT molecular complexity index is 411. The molecule has 0 aliphatic carbocycles. The number of benzene rings is 1. The van der Waals surface area contributed by atoms with Crippen LogP contribution < -0.4 is 0 Å². The van der Waals surface area contributed by atoms with Crippen molar-refractivity contribution in [3.63, 3.8) is 0 Å². The lowest BCUT2D eigenvalue weighted by Gasteiger charge is -2.06. The zero-order chi connectivity index (χ0) is 12.0. The van der Waals surface area contributed by atoms with Crippen LogP contribution in [0.1, 0.15) is 12.5 Å². The first-order chi connectivity index (χ1) is 7.63. The second-order valence-electron chi connectivity index (χ2n) is 3.14. The topological polar surface area (TPSA) is 75.1 Å². The number of esters is 1. The van der Waals surface area contributed by atoms with Gasteiger partial charge in [-0.15, -0.1) is 0 Å². The van der Waals surface area contributed by atoms with Gasteiger partial charge in [-0.1, -0.05) is 29.4 Å². The molecule has 0 aliphatic rings. The van der Waals surface area contributed by atoms with Crippen LogP contribution in [-0.4, -0.2) is 11.2 Å². The third-order valence-corrected chi connectivity index (χ3v) is 2.03. The molecule has 1 rings (SSSR count). The summed E-state index contributed by atoms with van der Waals surface area (Å²) in [6, 6.07) is 6.79. The summed E-state index contributed by atoms with van der Waals surface area (Å²) in [4.78, 5) is 13.8. The zero-order valence-corrected chi connectivity index (χ0v) is 9.59. The van der Waals surface area contributed by atoms with Crippen molar-refractivity contribution in [2.24, 2.45) is 5.11 Å². The van der Waals surface area contributed by atoms with E-state index in [1.54, 1.807) is 31.2 Å². The number of nitrogens with zero attached hydrogens (tertiary/aromatic N) is 3. The lowest BCUT2D eigenvalue weighted by atomic mass is 10.2. The molecule has 16 heavy (non-hydrogen) atoms. The fourth-order valence-corrected chi connectivity index (χ4v) is 1.06. The van der Waals surface area contributed by atoms with Crippen LogP contribution in [0.5, 0.6) is 0 Å². The first-order valence-electron chi connectivity index (χ1n) is 4.62. The molecule has 1 unspecified atom stereocenters. The third kappa shape index (κ3) is 3.84. The van der Waals surface area contributed by atoms with Crippen molar-refractivity contribution < 1.29 is 9.53 Å². The number of hydrogen-bond donors (Lipinski definition) is 1. The summed E-state index contributed by atoms with van der Waals surface area (Å²) in [7, 11) is 0. The summed E-state index contributed by atoms with van der Waals surface area (Å²) in [5.41, 5.74) is 9.57. The van der Waals surface area contributed by atoms with Gasteiger partial charge in [-0.3, -0.25) is 4.79 Å². The maximum atomic E-state index is 11.1. The molecule has 0 spiro atoms. The van der Waals surface area contributed by atoms with Crippen LogP contribution in [0.2, 0.25) is 0 Å². The summed E-state index contributed by atoms with van der Waals surface area (Å²) in [5, 5.41) is 3.00. The second-order valence-corrected chi connectivity index (χ2v) is 3.91.